The summed E-state index contributed by atoms with van der Waals surface area (Å²) >= 11 is 0. The van der Waals surface area contributed by atoms with Gasteiger partial charge in [-0.1, -0.05) is 31.4 Å². The highest BCUT2D eigenvalue weighted by Gasteiger charge is 2.33. The van der Waals surface area contributed by atoms with Gasteiger partial charge in [-0.3, -0.25) is 14.6 Å². The van der Waals surface area contributed by atoms with Crippen LogP contribution in [0.3, 0.4) is 0 Å². The van der Waals surface area contributed by atoms with Gasteiger partial charge in [0.05, 0.1) is 13.7 Å². The van der Waals surface area contributed by atoms with Crippen LogP contribution >= 0.6 is 0 Å². The fourth-order valence-corrected chi connectivity index (χ4v) is 3.01. The number of nitrogens with zero attached hydrogens (tertiary/aromatic N) is 1. The summed E-state index contributed by atoms with van der Waals surface area (Å²) in [5.74, 6) is -1.02. The van der Waals surface area contributed by atoms with Crippen LogP contribution in [0.4, 0.5) is 5.69 Å². The molecule has 0 spiro atoms. The van der Waals surface area contributed by atoms with Crippen LogP contribution in [-0.4, -0.2) is 31.7 Å². The highest BCUT2D eigenvalue weighted by Crippen LogP contribution is 2.29. The van der Waals surface area contributed by atoms with E-state index in [0.717, 1.165) is 32.1 Å². The number of ether oxygens (including phenoxy) is 2. The van der Waals surface area contributed by atoms with Gasteiger partial charge in [-0.2, -0.15) is 0 Å². The van der Waals surface area contributed by atoms with Gasteiger partial charge in [-0.25, -0.2) is 0 Å². The molecule has 0 radical (unpaired) electrons. The molecule has 1 aliphatic rings. The first-order valence-corrected chi connectivity index (χ1v) is 8.55. The average molecular weight is 331 g/mol. The lowest BCUT2D eigenvalue weighted by atomic mass is 9.82. The number of esters is 1. The smallest absolute Gasteiger partial charge is 0.321 e. The molecule has 0 aliphatic heterocycles. The lowest BCUT2D eigenvalue weighted by molar-refractivity contribution is -0.149. The van der Waals surface area contributed by atoms with Crippen LogP contribution in [0, 0.1) is 11.8 Å². The maximum absolute atomic E-state index is 12.8. The molecule has 1 aromatic carbocycles. The maximum atomic E-state index is 12.8. The average Bonchev–Trinajstić information content (AvgIpc) is 2.63. The van der Waals surface area contributed by atoms with Crippen molar-refractivity contribution in [3.8, 4) is 5.75 Å². The molecule has 0 amide bonds. The Morgan fingerprint density at radius 2 is 1.96 bits per heavy atom. The van der Waals surface area contributed by atoms with Crippen molar-refractivity contribution in [1.29, 1.82) is 0 Å². The van der Waals surface area contributed by atoms with Crippen LogP contribution < -0.4 is 4.74 Å². The number of hydrogen-bond donors (Lipinski definition) is 0. The zero-order valence-electron chi connectivity index (χ0n) is 14.4. The van der Waals surface area contributed by atoms with Gasteiger partial charge in [0.15, 0.2) is 11.7 Å². The number of methoxy groups -OCH3 is 1. The molecule has 5 heteroatoms. The summed E-state index contributed by atoms with van der Waals surface area (Å²) in [5.41, 5.74) is 0.589. The summed E-state index contributed by atoms with van der Waals surface area (Å²) in [6.07, 6.45) is 6.33. The largest absolute Gasteiger partial charge is 0.494 e. The summed E-state index contributed by atoms with van der Waals surface area (Å²) in [6, 6.07) is 7.24. The van der Waals surface area contributed by atoms with Crippen molar-refractivity contribution < 1.29 is 19.1 Å². The van der Waals surface area contributed by atoms with Gasteiger partial charge >= 0.3 is 5.97 Å². The van der Waals surface area contributed by atoms with E-state index in [0.29, 0.717) is 11.4 Å². The second kappa shape index (κ2) is 9.21. The molecule has 1 aromatic rings. The Morgan fingerprint density at radius 1 is 1.25 bits per heavy atom. The van der Waals surface area contributed by atoms with E-state index < -0.39 is 11.9 Å². The minimum Gasteiger partial charge on any atom is -0.494 e. The minimum atomic E-state index is -0.946. The molecule has 1 atom stereocenters. The number of Topliss-reactive ketones (excluding diaryl/α,β-unsaturated/α-hetero) is 1. The van der Waals surface area contributed by atoms with E-state index in [1.54, 1.807) is 26.2 Å². The fourth-order valence-electron chi connectivity index (χ4n) is 3.01. The van der Waals surface area contributed by atoms with E-state index in [-0.39, 0.29) is 18.3 Å². The highest BCUT2D eigenvalue weighted by molar-refractivity contribution is 6.13. The van der Waals surface area contributed by atoms with Crippen LogP contribution in [-0.2, 0) is 14.3 Å². The molecule has 5 nitrogen and oxygen atoms in total. The Balaban J connectivity index is 2.20. The normalized spacial score (nSPS) is 16.8. The third kappa shape index (κ3) is 4.66. The number of para-hydroxylation sites is 2. The second-order valence-corrected chi connectivity index (χ2v) is 5.92. The van der Waals surface area contributed by atoms with Crippen LogP contribution in [0.2, 0.25) is 0 Å². The minimum absolute atomic E-state index is 0.0720. The Morgan fingerprint density at radius 3 is 2.62 bits per heavy atom. The van der Waals surface area contributed by atoms with E-state index >= 15 is 0 Å². The number of ketones is 1. The summed E-state index contributed by atoms with van der Waals surface area (Å²) in [5, 5.41) is 0. The topological polar surface area (TPSA) is 65.0 Å². The SMILES string of the molecule is CCOC(=O)C(C=Nc1ccccc1OC)C(=O)C1CCCCC1. The molecule has 1 unspecified atom stereocenters. The van der Waals surface area contributed by atoms with Crippen molar-refractivity contribution >= 4 is 23.7 Å². The number of carbonyl (C=O) groups excluding carboxylic acids is 2. The van der Waals surface area contributed by atoms with E-state index in [1.165, 1.54) is 6.21 Å². The predicted octanol–water partition coefficient (Wildman–Crippen LogP) is 3.73. The van der Waals surface area contributed by atoms with Gasteiger partial charge < -0.3 is 9.47 Å². The number of carbonyl (C=O) groups is 2. The van der Waals surface area contributed by atoms with Crippen molar-refractivity contribution in [2.75, 3.05) is 13.7 Å². The molecular weight excluding hydrogens is 306 g/mol. The molecule has 0 bridgehead atoms. The zero-order chi connectivity index (χ0) is 17.4. The first-order valence-electron chi connectivity index (χ1n) is 8.55. The summed E-state index contributed by atoms with van der Waals surface area (Å²) < 4.78 is 10.3. The van der Waals surface area contributed by atoms with E-state index in [1.807, 2.05) is 12.1 Å². The maximum Gasteiger partial charge on any atom is 0.321 e. The lowest BCUT2D eigenvalue weighted by Crippen LogP contribution is -2.33. The lowest BCUT2D eigenvalue weighted by Gasteiger charge is -2.22. The fraction of sp³-hybridized carbons (Fsp3) is 0.526. The van der Waals surface area contributed by atoms with Crippen molar-refractivity contribution in [1.82, 2.24) is 0 Å². The Labute approximate surface area is 143 Å². The predicted molar refractivity (Wildman–Crippen MR) is 92.9 cm³/mol. The van der Waals surface area contributed by atoms with Crippen LogP contribution in [0.1, 0.15) is 39.0 Å². The summed E-state index contributed by atoms with van der Waals surface area (Å²) in [4.78, 5) is 29.3. The first kappa shape index (κ1) is 18.2. The molecule has 0 N–H and O–H groups in total. The number of benzene rings is 1. The van der Waals surface area contributed by atoms with Crippen molar-refractivity contribution in [3.05, 3.63) is 24.3 Å². The quantitative estimate of drug-likeness (QED) is 0.434. The van der Waals surface area contributed by atoms with Gasteiger partial charge in [0.1, 0.15) is 11.4 Å². The van der Waals surface area contributed by atoms with Crippen LogP contribution in [0.5, 0.6) is 5.75 Å². The first-order chi connectivity index (χ1) is 11.7. The van der Waals surface area contributed by atoms with E-state index in [4.69, 9.17) is 9.47 Å². The molecule has 0 aromatic heterocycles. The van der Waals surface area contributed by atoms with Crippen molar-refractivity contribution in [2.45, 2.75) is 39.0 Å². The number of rotatable bonds is 7. The van der Waals surface area contributed by atoms with Crippen molar-refractivity contribution in [2.24, 2.45) is 16.8 Å². The van der Waals surface area contributed by atoms with E-state index in [2.05, 4.69) is 4.99 Å². The molecule has 130 valence electrons. The van der Waals surface area contributed by atoms with Crippen molar-refractivity contribution in [3.63, 3.8) is 0 Å². The van der Waals surface area contributed by atoms with Gasteiger partial charge in [0.2, 0.25) is 0 Å². The van der Waals surface area contributed by atoms with E-state index in [9.17, 15) is 9.59 Å². The Bertz CT molecular complexity index is 591. The molecule has 1 fully saturated rings. The summed E-state index contributed by atoms with van der Waals surface area (Å²) in [7, 11) is 1.56. The summed E-state index contributed by atoms with van der Waals surface area (Å²) in [6.45, 7) is 1.98. The molecular formula is C19H25NO4. The van der Waals surface area contributed by atoms with Gasteiger partial charge in [-0.05, 0) is 31.9 Å². The number of hydrogen-bond acceptors (Lipinski definition) is 5. The standard InChI is InChI=1S/C19H25NO4/c1-3-24-19(22)15(18(21)14-9-5-4-6-10-14)13-20-16-11-7-8-12-17(16)23-2/h7-8,11-15H,3-6,9-10H2,1-2H3. The Kier molecular flexibility index (Phi) is 6.97. The van der Waals surface area contributed by atoms with Gasteiger partial charge in [0.25, 0.3) is 0 Å². The van der Waals surface area contributed by atoms with Crippen LogP contribution in [0.25, 0.3) is 0 Å². The second-order valence-electron chi connectivity index (χ2n) is 5.92. The molecule has 0 saturated heterocycles. The molecule has 0 heterocycles. The zero-order valence-corrected chi connectivity index (χ0v) is 14.4. The van der Waals surface area contributed by atoms with Crippen LogP contribution in [0.15, 0.2) is 29.3 Å². The molecule has 24 heavy (non-hydrogen) atoms. The number of aliphatic imine (C=N–C) groups is 1. The highest BCUT2D eigenvalue weighted by atomic mass is 16.5. The molecule has 1 saturated carbocycles. The molecule has 2 rings (SSSR count). The van der Waals surface area contributed by atoms with Gasteiger partial charge in [0, 0.05) is 12.1 Å². The van der Waals surface area contributed by atoms with Gasteiger partial charge in [-0.15, -0.1) is 0 Å². The monoisotopic (exact) mass is 331 g/mol. The Hall–Kier alpha value is -2.17. The third-order valence-corrected chi connectivity index (χ3v) is 4.30. The third-order valence-electron chi connectivity index (χ3n) is 4.30. The molecule has 1 aliphatic carbocycles.